The van der Waals surface area contributed by atoms with Crippen molar-refractivity contribution < 1.29 is 4.79 Å². The summed E-state index contributed by atoms with van der Waals surface area (Å²) in [5.41, 5.74) is 1.92. The Morgan fingerprint density at radius 2 is 1.94 bits per heavy atom. The molecule has 0 saturated carbocycles. The third-order valence-electron chi connectivity index (χ3n) is 5.14. The first kappa shape index (κ1) is 21.0. The number of carbonyl (C=O) groups excluding carboxylic acids is 1. The van der Waals surface area contributed by atoms with E-state index in [4.69, 9.17) is 5.10 Å². The number of carbonyl (C=O) groups is 1. The number of hydrogen-bond donors (Lipinski definition) is 0. The number of pyridine rings is 1. The Hall–Kier alpha value is -2.82. The Morgan fingerprint density at radius 1 is 1.12 bits per heavy atom. The number of nitrogens with zero attached hydrogens (tertiary/aromatic N) is 6. The van der Waals surface area contributed by atoms with Gasteiger partial charge in [0.25, 0.3) is 5.91 Å². The van der Waals surface area contributed by atoms with Gasteiger partial charge in [-0.1, -0.05) is 23.9 Å². The maximum Gasteiger partial charge on any atom is 0.253 e. The highest BCUT2D eigenvalue weighted by molar-refractivity contribution is 7.99. The van der Waals surface area contributed by atoms with Gasteiger partial charge < -0.3 is 4.57 Å². The minimum absolute atomic E-state index is 0.0314. The van der Waals surface area contributed by atoms with Gasteiger partial charge in [-0.2, -0.15) is 5.10 Å². The summed E-state index contributed by atoms with van der Waals surface area (Å²) < 4.78 is 2.02. The Labute approximate surface area is 197 Å². The second kappa shape index (κ2) is 9.35. The number of thiophene rings is 2. The van der Waals surface area contributed by atoms with Gasteiger partial charge >= 0.3 is 0 Å². The minimum Gasteiger partial charge on any atom is -0.302 e. The number of hydrogen-bond acceptors (Lipinski definition) is 8. The van der Waals surface area contributed by atoms with Gasteiger partial charge in [0.05, 0.1) is 22.4 Å². The second-order valence-corrected chi connectivity index (χ2v) is 9.94. The average molecular weight is 481 g/mol. The smallest absolute Gasteiger partial charge is 0.253 e. The fourth-order valence-corrected chi connectivity index (χ4v) is 6.01. The van der Waals surface area contributed by atoms with Gasteiger partial charge in [0.2, 0.25) is 0 Å². The van der Waals surface area contributed by atoms with Crippen LogP contribution in [0.1, 0.15) is 29.1 Å². The van der Waals surface area contributed by atoms with Crippen LogP contribution in [0, 0.1) is 0 Å². The summed E-state index contributed by atoms with van der Waals surface area (Å²) in [5.74, 6) is 0.994. The van der Waals surface area contributed by atoms with Crippen molar-refractivity contribution in [3.63, 3.8) is 0 Å². The van der Waals surface area contributed by atoms with Crippen molar-refractivity contribution in [2.45, 2.75) is 31.1 Å². The molecule has 1 atom stereocenters. The average Bonchev–Trinajstić information content (AvgIpc) is 3.63. The van der Waals surface area contributed by atoms with Crippen LogP contribution in [0.4, 0.5) is 0 Å². The van der Waals surface area contributed by atoms with E-state index in [0.717, 1.165) is 38.4 Å². The second-order valence-electron chi connectivity index (χ2n) is 7.07. The summed E-state index contributed by atoms with van der Waals surface area (Å²) >= 11 is 4.71. The lowest BCUT2D eigenvalue weighted by molar-refractivity contribution is -0.130. The Kier molecular flexibility index (Phi) is 6.15. The molecule has 0 spiro atoms. The Morgan fingerprint density at radius 3 is 2.66 bits per heavy atom. The van der Waals surface area contributed by atoms with Crippen LogP contribution >= 0.6 is 34.4 Å². The number of rotatable bonds is 7. The standard InChI is InChI=1S/C22H20N6OS3/c1-2-27-21(15-7-9-23-10-8-15)24-25-22(27)32-14-20(29)28-17(19-6-4-12-31-19)13-16(26-28)18-5-3-11-30-18/h3-12,17H,2,13-14H2,1H3/t17-/m0/s1. The highest BCUT2D eigenvalue weighted by Gasteiger charge is 2.34. The molecular formula is C22H20N6OS3. The van der Waals surface area contributed by atoms with Gasteiger partial charge in [-0.15, -0.1) is 32.9 Å². The molecule has 1 amide bonds. The van der Waals surface area contributed by atoms with E-state index in [-0.39, 0.29) is 17.7 Å². The molecule has 162 valence electrons. The van der Waals surface area contributed by atoms with Gasteiger partial charge in [-0.25, -0.2) is 5.01 Å². The molecule has 1 aliphatic rings. The highest BCUT2D eigenvalue weighted by atomic mass is 32.2. The minimum atomic E-state index is -0.0587. The zero-order valence-electron chi connectivity index (χ0n) is 17.3. The monoisotopic (exact) mass is 480 g/mol. The van der Waals surface area contributed by atoms with E-state index in [1.54, 1.807) is 40.1 Å². The zero-order valence-corrected chi connectivity index (χ0v) is 19.7. The molecule has 0 saturated heterocycles. The summed E-state index contributed by atoms with van der Waals surface area (Å²) in [5, 5.41) is 19.9. The normalized spacial score (nSPS) is 15.8. The first-order chi connectivity index (χ1) is 15.7. The summed E-state index contributed by atoms with van der Waals surface area (Å²) in [7, 11) is 0. The fraction of sp³-hybridized carbons (Fsp3) is 0.227. The Balaban J connectivity index is 1.35. The van der Waals surface area contributed by atoms with Crippen molar-refractivity contribution in [2.75, 3.05) is 5.75 Å². The SMILES string of the molecule is CCn1c(SCC(=O)N2N=C(c3cccs3)C[C@H]2c2cccs2)nnc1-c1ccncc1. The molecule has 0 aliphatic carbocycles. The summed E-state index contributed by atoms with van der Waals surface area (Å²) in [4.78, 5) is 19.6. The number of amides is 1. The van der Waals surface area contributed by atoms with Crippen molar-refractivity contribution in [1.29, 1.82) is 0 Å². The summed E-state index contributed by atoms with van der Waals surface area (Å²) in [6, 6.07) is 11.9. The van der Waals surface area contributed by atoms with Crippen LogP contribution in [-0.4, -0.2) is 42.1 Å². The molecule has 0 N–H and O–H groups in total. The van der Waals surface area contributed by atoms with Crippen LogP contribution < -0.4 is 0 Å². The molecule has 5 heterocycles. The zero-order chi connectivity index (χ0) is 21.9. The van der Waals surface area contributed by atoms with Crippen LogP contribution in [0.5, 0.6) is 0 Å². The lowest BCUT2D eigenvalue weighted by atomic mass is 10.1. The number of aromatic nitrogens is 4. The van der Waals surface area contributed by atoms with Crippen LogP contribution in [0.15, 0.2) is 69.8 Å². The van der Waals surface area contributed by atoms with Crippen LogP contribution in [-0.2, 0) is 11.3 Å². The topological polar surface area (TPSA) is 76.3 Å². The van der Waals surface area contributed by atoms with E-state index in [9.17, 15) is 4.79 Å². The molecule has 0 bridgehead atoms. The maximum atomic E-state index is 13.3. The van der Waals surface area contributed by atoms with Gasteiger partial charge in [-0.3, -0.25) is 9.78 Å². The van der Waals surface area contributed by atoms with E-state index < -0.39 is 0 Å². The first-order valence-corrected chi connectivity index (χ1v) is 12.9. The molecule has 4 aromatic rings. The molecule has 32 heavy (non-hydrogen) atoms. The number of hydrazone groups is 1. The van der Waals surface area contributed by atoms with Gasteiger partial charge in [-0.05, 0) is 41.9 Å². The van der Waals surface area contributed by atoms with Crippen LogP contribution in [0.2, 0.25) is 0 Å². The molecule has 0 unspecified atom stereocenters. The van der Waals surface area contributed by atoms with Crippen molar-refractivity contribution in [3.05, 3.63) is 69.3 Å². The molecule has 4 aromatic heterocycles. The predicted molar refractivity (Wildman–Crippen MR) is 129 cm³/mol. The first-order valence-electron chi connectivity index (χ1n) is 10.2. The van der Waals surface area contributed by atoms with E-state index >= 15 is 0 Å². The highest BCUT2D eigenvalue weighted by Crippen LogP contribution is 2.36. The molecular weight excluding hydrogens is 460 g/mol. The van der Waals surface area contributed by atoms with E-state index in [1.165, 1.54) is 11.8 Å². The summed E-state index contributed by atoms with van der Waals surface area (Å²) in [6.07, 6.45) is 4.21. The molecule has 1 aliphatic heterocycles. The van der Waals surface area contributed by atoms with Crippen LogP contribution in [0.25, 0.3) is 11.4 Å². The van der Waals surface area contributed by atoms with Crippen molar-refractivity contribution in [2.24, 2.45) is 5.10 Å². The largest absolute Gasteiger partial charge is 0.302 e. The predicted octanol–water partition coefficient (Wildman–Crippen LogP) is 4.95. The van der Waals surface area contributed by atoms with Gasteiger partial charge in [0.15, 0.2) is 11.0 Å². The number of thioether (sulfide) groups is 1. The third kappa shape index (κ3) is 4.13. The third-order valence-corrected chi connectivity index (χ3v) is 7.98. The van der Waals surface area contributed by atoms with Crippen molar-refractivity contribution in [3.8, 4) is 11.4 Å². The van der Waals surface area contributed by atoms with Crippen molar-refractivity contribution in [1.82, 2.24) is 24.8 Å². The molecule has 0 aromatic carbocycles. The lowest BCUT2D eigenvalue weighted by Gasteiger charge is -2.20. The molecule has 0 radical (unpaired) electrons. The van der Waals surface area contributed by atoms with Crippen LogP contribution in [0.3, 0.4) is 0 Å². The van der Waals surface area contributed by atoms with E-state index in [1.807, 2.05) is 46.5 Å². The summed E-state index contributed by atoms with van der Waals surface area (Å²) in [6.45, 7) is 2.76. The molecule has 0 fully saturated rings. The van der Waals surface area contributed by atoms with Gasteiger partial charge in [0, 0.05) is 35.8 Å². The Bertz CT molecular complexity index is 1220. The van der Waals surface area contributed by atoms with E-state index in [0.29, 0.717) is 6.54 Å². The maximum absolute atomic E-state index is 13.3. The molecule has 7 nitrogen and oxygen atoms in total. The van der Waals surface area contributed by atoms with Crippen molar-refractivity contribution >= 4 is 46.1 Å². The molecule has 10 heteroatoms. The quantitative estimate of drug-likeness (QED) is 0.350. The van der Waals surface area contributed by atoms with Gasteiger partial charge in [0.1, 0.15) is 0 Å². The fourth-order valence-electron chi connectivity index (χ4n) is 3.62. The lowest BCUT2D eigenvalue weighted by Crippen LogP contribution is -2.28. The molecule has 5 rings (SSSR count). The van der Waals surface area contributed by atoms with E-state index in [2.05, 4.69) is 27.3 Å².